The highest BCUT2D eigenvalue weighted by Gasteiger charge is 2.30. The van der Waals surface area contributed by atoms with Gasteiger partial charge in [-0.3, -0.25) is 37.3 Å². The van der Waals surface area contributed by atoms with Gasteiger partial charge in [-0.2, -0.15) is 0 Å². The number of aliphatic hydroxyl groups excluding tert-OH is 1. The van der Waals surface area contributed by atoms with Gasteiger partial charge in [0.1, 0.15) is 19.3 Å². The lowest BCUT2D eigenvalue weighted by molar-refractivity contribution is -0.161. The van der Waals surface area contributed by atoms with E-state index in [0.29, 0.717) is 31.6 Å². The number of carbonyl (C=O) groups excluding carboxylic acids is 4. The molecular weight excluding hydrogens is 1330 g/mol. The van der Waals surface area contributed by atoms with Crippen molar-refractivity contribution in [2.24, 2.45) is 17.8 Å². The van der Waals surface area contributed by atoms with E-state index in [-0.39, 0.29) is 25.7 Å². The third-order valence-electron chi connectivity index (χ3n) is 20.1. The molecule has 0 radical (unpaired) electrons. The van der Waals surface area contributed by atoms with E-state index in [9.17, 15) is 43.2 Å². The van der Waals surface area contributed by atoms with Gasteiger partial charge >= 0.3 is 39.5 Å². The summed E-state index contributed by atoms with van der Waals surface area (Å²) in [6.07, 6.45) is 62.8. The number of phosphoric ester groups is 2. The minimum absolute atomic E-state index is 0.103. The fourth-order valence-electron chi connectivity index (χ4n) is 12.8. The first kappa shape index (κ1) is 100. The Hall–Kier alpha value is -1.94. The smallest absolute Gasteiger partial charge is 0.462 e. The van der Waals surface area contributed by atoms with Gasteiger partial charge in [0.15, 0.2) is 12.2 Å². The molecule has 102 heavy (non-hydrogen) atoms. The fraction of sp³-hybridized carbons (Fsp3) is 0.952. The highest BCUT2D eigenvalue weighted by atomic mass is 31.2. The third-order valence-corrected chi connectivity index (χ3v) is 22.0. The van der Waals surface area contributed by atoms with E-state index in [1.54, 1.807) is 0 Å². The second-order valence-corrected chi connectivity index (χ2v) is 33.7. The molecular formula is C83H162O17P2. The normalized spacial score (nSPS) is 14.5. The molecule has 17 nitrogen and oxygen atoms in total. The SMILES string of the molecule is CCCCCCCCCCCCCCCCCCCCCCC(=O)OC[C@H](COP(=O)(O)OC[C@@H](O)COP(=O)(O)OC[C@@H](COC(=O)CCCCCCCCC(C)CC)OC(=O)CCCCCCCCCC(C)C)OC(=O)CCCCCCCCCCCCCCCCCCCCC(C)CC. The first-order chi connectivity index (χ1) is 49.3. The molecule has 0 bridgehead atoms. The van der Waals surface area contributed by atoms with E-state index in [1.165, 1.54) is 238 Å². The molecule has 0 aliphatic heterocycles. The Morgan fingerprint density at radius 3 is 0.745 bits per heavy atom. The van der Waals surface area contributed by atoms with E-state index in [4.69, 9.17) is 37.0 Å². The van der Waals surface area contributed by atoms with Gasteiger partial charge in [0, 0.05) is 25.7 Å². The van der Waals surface area contributed by atoms with Crippen LogP contribution in [0, 0.1) is 17.8 Å². The zero-order chi connectivity index (χ0) is 75.1. The summed E-state index contributed by atoms with van der Waals surface area (Å²) in [4.78, 5) is 73.0. The number of ether oxygens (including phenoxy) is 4. The van der Waals surface area contributed by atoms with Gasteiger partial charge in [0.2, 0.25) is 0 Å². The highest BCUT2D eigenvalue weighted by Crippen LogP contribution is 2.45. The number of phosphoric acid groups is 2. The van der Waals surface area contributed by atoms with E-state index >= 15 is 0 Å². The van der Waals surface area contributed by atoms with Crippen molar-refractivity contribution in [3.8, 4) is 0 Å². The van der Waals surface area contributed by atoms with Crippen LogP contribution in [0.2, 0.25) is 0 Å². The van der Waals surface area contributed by atoms with Crippen LogP contribution >= 0.6 is 15.6 Å². The molecule has 0 aliphatic rings. The van der Waals surface area contributed by atoms with Crippen LogP contribution in [0.15, 0.2) is 0 Å². The molecule has 0 spiro atoms. The molecule has 606 valence electrons. The lowest BCUT2D eigenvalue weighted by Crippen LogP contribution is -2.30. The van der Waals surface area contributed by atoms with Crippen LogP contribution in [-0.2, 0) is 65.4 Å². The van der Waals surface area contributed by atoms with Crippen molar-refractivity contribution in [2.75, 3.05) is 39.6 Å². The summed E-state index contributed by atoms with van der Waals surface area (Å²) < 4.78 is 68.7. The van der Waals surface area contributed by atoms with Crippen LogP contribution in [0.1, 0.15) is 434 Å². The average molecular weight is 1490 g/mol. The maximum absolute atomic E-state index is 13.1. The van der Waals surface area contributed by atoms with Crippen molar-refractivity contribution in [3.63, 3.8) is 0 Å². The summed E-state index contributed by atoms with van der Waals surface area (Å²) in [7, 11) is -9.92. The number of unbranched alkanes of at least 4 members (excludes halogenated alkanes) is 47. The second-order valence-electron chi connectivity index (χ2n) is 30.8. The van der Waals surface area contributed by atoms with Gasteiger partial charge in [-0.15, -0.1) is 0 Å². The molecule has 0 aliphatic carbocycles. The largest absolute Gasteiger partial charge is 0.472 e. The Morgan fingerprint density at radius 1 is 0.284 bits per heavy atom. The van der Waals surface area contributed by atoms with E-state index in [1.807, 2.05) is 0 Å². The first-order valence-electron chi connectivity index (χ1n) is 42.9. The summed E-state index contributed by atoms with van der Waals surface area (Å²) >= 11 is 0. The molecule has 4 unspecified atom stereocenters. The Morgan fingerprint density at radius 2 is 0.500 bits per heavy atom. The summed E-state index contributed by atoms with van der Waals surface area (Å²) in [5.41, 5.74) is 0. The maximum Gasteiger partial charge on any atom is 0.472 e. The van der Waals surface area contributed by atoms with Crippen LogP contribution < -0.4 is 0 Å². The molecule has 0 aromatic rings. The predicted molar refractivity (Wildman–Crippen MR) is 418 cm³/mol. The molecule has 0 saturated carbocycles. The quantitative estimate of drug-likeness (QED) is 0.0222. The Balaban J connectivity index is 5.18. The predicted octanol–water partition coefficient (Wildman–Crippen LogP) is 24.9. The minimum Gasteiger partial charge on any atom is -0.462 e. The van der Waals surface area contributed by atoms with Gasteiger partial charge in [0.05, 0.1) is 26.4 Å². The molecule has 0 amide bonds. The monoisotopic (exact) mass is 1490 g/mol. The minimum atomic E-state index is -4.96. The van der Waals surface area contributed by atoms with Crippen LogP contribution in [0.4, 0.5) is 0 Å². The molecule has 0 rings (SSSR count). The number of aliphatic hydroxyl groups is 1. The number of hydrogen-bond donors (Lipinski definition) is 3. The summed E-state index contributed by atoms with van der Waals surface area (Å²) in [6, 6.07) is 0. The fourth-order valence-corrected chi connectivity index (χ4v) is 14.4. The van der Waals surface area contributed by atoms with E-state index < -0.39 is 97.5 Å². The standard InChI is InChI=1S/C83H162O17P2/c1-8-11-12-13-14-15-16-17-18-19-20-21-25-28-31-34-37-42-50-57-64-80(85)93-70-78(99-82(87)66-59-52-43-38-35-32-29-26-23-22-24-27-30-33-36-41-48-55-62-75(6)9-2)72-97-101(89,90)95-68-77(84)69-96-102(91,92)98-73-79(100-83(88)67-60-53-44-39-40-47-54-61-74(4)5)71-94-81(86)65-58-51-46-45-49-56-63-76(7)10-3/h74-79,84H,8-73H2,1-7H3,(H,89,90)(H,91,92)/t75?,76?,77-,78-,79-/m1/s1. The van der Waals surface area contributed by atoms with Crippen molar-refractivity contribution < 1.29 is 80.2 Å². The molecule has 0 heterocycles. The van der Waals surface area contributed by atoms with Gasteiger partial charge in [-0.05, 0) is 43.4 Å². The van der Waals surface area contributed by atoms with Crippen molar-refractivity contribution in [2.45, 2.75) is 452 Å². The van der Waals surface area contributed by atoms with Crippen molar-refractivity contribution in [1.82, 2.24) is 0 Å². The summed E-state index contributed by atoms with van der Waals surface area (Å²) in [5, 5.41) is 10.6. The zero-order valence-corrected chi connectivity index (χ0v) is 68.9. The first-order valence-corrected chi connectivity index (χ1v) is 45.9. The van der Waals surface area contributed by atoms with Crippen LogP contribution in [0.25, 0.3) is 0 Å². The number of rotatable bonds is 81. The van der Waals surface area contributed by atoms with Crippen LogP contribution in [-0.4, -0.2) is 96.7 Å². The van der Waals surface area contributed by atoms with Crippen LogP contribution in [0.3, 0.4) is 0 Å². The molecule has 7 atom stereocenters. The lowest BCUT2D eigenvalue weighted by atomic mass is 9.99. The molecule has 0 aromatic heterocycles. The number of carbonyl (C=O) groups is 4. The van der Waals surface area contributed by atoms with E-state index in [0.717, 1.165) is 108 Å². The molecule has 0 fully saturated rings. The molecule has 0 saturated heterocycles. The Kier molecular flexibility index (Phi) is 71.8. The summed E-state index contributed by atoms with van der Waals surface area (Å²) in [6.45, 7) is 11.9. The maximum atomic E-state index is 13.1. The highest BCUT2D eigenvalue weighted by molar-refractivity contribution is 7.47. The van der Waals surface area contributed by atoms with Gasteiger partial charge in [-0.1, -0.05) is 382 Å². The zero-order valence-electron chi connectivity index (χ0n) is 67.1. The molecule has 3 N–H and O–H groups in total. The Labute approximate surface area is 626 Å². The average Bonchev–Trinajstić information content (AvgIpc) is 0.950. The molecule has 19 heteroatoms. The van der Waals surface area contributed by atoms with Crippen molar-refractivity contribution in [3.05, 3.63) is 0 Å². The number of hydrogen-bond acceptors (Lipinski definition) is 15. The van der Waals surface area contributed by atoms with Gasteiger partial charge < -0.3 is 33.8 Å². The number of esters is 4. The van der Waals surface area contributed by atoms with Crippen molar-refractivity contribution in [1.29, 1.82) is 0 Å². The third kappa shape index (κ3) is 73.6. The lowest BCUT2D eigenvalue weighted by Gasteiger charge is -2.21. The van der Waals surface area contributed by atoms with Crippen LogP contribution in [0.5, 0.6) is 0 Å². The molecule has 0 aromatic carbocycles. The van der Waals surface area contributed by atoms with Crippen molar-refractivity contribution >= 4 is 39.5 Å². The summed E-state index contributed by atoms with van der Waals surface area (Å²) in [5.74, 6) is 0.183. The van der Waals surface area contributed by atoms with E-state index in [2.05, 4.69) is 48.5 Å². The second kappa shape index (κ2) is 73.2. The van der Waals surface area contributed by atoms with Gasteiger partial charge in [-0.25, -0.2) is 9.13 Å². The Bertz CT molecular complexity index is 1980. The topological polar surface area (TPSA) is 237 Å². The van der Waals surface area contributed by atoms with Gasteiger partial charge in [0.25, 0.3) is 0 Å².